The van der Waals surface area contributed by atoms with E-state index in [-0.39, 0.29) is 23.3 Å². The average molecular weight is 385 g/mol. The molecule has 8 heteroatoms. The van der Waals surface area contributed by atoms with Gasteiger partial charge in [0, 0.05) is 23.8 Å². The zero-order valence-electron chi connectivity index (χ0n) is 14.0. The number of hydrogen-bond acceptors (Lipinski definition) is 5. The molecule has 0 radical (unpaired) electrons. The van der Waals surface area contributed by atoms with Gasteiger partial charge in [0.25, 0.3) is 5.91 Å². The van der Waals surface area contributed by atoms with Crippen molar-refractivity contribution in [3.8, 4) is 0 Å². The molecule has 0 unspecified atom stereocenters. The number of rotatable bonds is 7. The molecule has 0 spiro atoms. The molecule has 1 atom stereocenters. The van der Waals surface area contributed by atoms with Crippen molar-refractivity contribution in [3.05, 3.63) is 29.3 Å². The smallest absolute Gasteiger partial charge is 0.316 e. The third-order valence-electron chi connectivity index (χ3n) is 3.65. The lowest BCUT2D eigenvalue weighted by Gasteiger charge is -2.20. The fraction of sp³-hybridized carbons (Fsp3) is 0.471. The van der Waals surface area contributed by atoms with Gasteiger partial charge in [0.1, 0.15) is 0 Å². The topological polar surface area (TPSA) is 75.7 Å². The first kappa shape index (κ1) is 19.6. The average Bonchev–Trinajstić information content (AvgIpc) is 3.10. The van der Waals surface area contributed by atoms with E-state index in [4.69, 9.17) is 16.3 Å². The molecular formula is C17H21ClN2O4S. The Balaban J connectivity index is 1.64. The van der Waals surface area contributed by atoms with Crippen molar-refractivity contribution in [2.24, 2.45) is 0 Å². The number of halogens is 1. The normalized spacial score (nSPS) is 14.9. The van der Waals surface area contributed by atoms with Crippen molar-refractivity contribution in [1.29, 1.82) is 0 Å². The van der Waals surface area contributed by atoms with Gasteiger partial charge in [-0.05, 0) is 44.0 Å². The minimum Gasteiger partial charge on any atom is -0.452 e. The minimum absolute atomic E-state index is 0.0195. The summed E-state index contributed by atoms with van der Waals surface area (Å²) >= 11 is 6.92. The van der Waals surface area contributed by atoms with E-state index < -0.39 is 12.1 Å². The predicted octanol–water partition coefficient (Wildman–Crippen LogP) is 2.57. The summed E-state index contributed by atoms with van der Waals surface area (Å²) in [5.74, 6) is -0.736. The van der Waals surface area contributed by atoms with Crippen LogP contribution in [-0.4, -0.2) is 53.4 Å². The van der Waals surface area contributed by atoms with Crippen LogP contribution in [0.25, 0.3) is 0 Å². The van der Waals surface area contributed by atoms with Crippen molar-refractivity contribution in [2.75, 3.05) is 29.9 Å². The number of carbonyl (C=O) groups excluding carboxylic acids is 3. The molecule has 1 aliphatic heterocycles. The zero-order valence-corrected chi connectivity index (χ0v) is 15.6. The van der Waals surface area contributed by atoms with Crippen LogP contribution < -0.4 is 5.32 Å². The second kappa shape index (κ2) is 9.68. The van der Waals surface area contributed by atoms with E-state index in [1.807, 2.05) is 0 Å². The molecular weight excluding hydrogens is 364 g/mol. The summed E-state index contributed by atoms with van der Waals surface area (Å²) in [6, 6.07) is 6.76. The van der Waals surface area contributed by atoms with Crippen LogP contribution in [0.4, 0.5) is 5.69 Å². The summed E-state index contributed by atoms with van der Waals surface area (Å²) in [5, 5.41) is 3.30. The van der Waals surface area contributed by atoms with Gasteiger partial charge in [-0.15, -0.1) is 11.8 Å². The summed E-state index contributed by atoms with van der Waals surface area (Å²) in [6.07, 6.45) is 1.20. The summed E-state index contributed by atoms with van der Waals surface area (Å²) in [5.41, 5.74) is 0.641. The largest absolute Gasteiger partial charge is 0.452 e. The number of benzene rings is 1. The van der Waals surface area contributed by atoms with E-state index in [0.29, 0.717) is 10.7 Å². The molecule has 0 aliphatic carbocycles. The number of nitrogens with zero attached hydrogens (tertiary/aromatic N) is 1. The van der Waals surface area contributed by atoms with Gasteiger partial charge in [0.2, 0.25) is 5.91 Å². The van der Waals surface area contributed by atoms with Crippen LogP contribution in [0.1, 0.15) is 19.8 Å². The molecule has 1 N–H and O–H groups in total. The number of anilines is 1. The molecule has 2 amide bonds. The quantitative estimate of drug-likeness (QED) is 0.731. The molecule has 1 saturated heterocycles. The van der Waals surface area contributed by atoms with Crippen LogP contribution in [-0.2, 0) is 19.1 Å². The first-order valence-corrected chi connectivity index (χ1v) is 9.60. The van der Waals surface area contributed by atoms with E-state index >= 15 is 0 Å². The second-order valence-corrected chi connectivity index (χ2v) is 7.13. The third-order valence-corrected chi connectivity index (χ3v) is 4.81. The number of nitrogens with one attached hydrogen (secondary N) is 1. The maximum Gasteiger partial charge on any atom is 0.316 e. The number of hydrogen-bond donors (Lipinski definition) is 1. The summed E-state index contributed by atoms with van der Waals surface area (Å²) < 4.78 is 5.14. The molecule has 6 nitrogen and oxygen atoms in total. The Morgan fingerprint density at radius 3 is 2.48 bits per heavy atom. The summed E-state index contributed by atoms with van der Waals surface area (Å²) in [7, 11) is 0. The molecule has 1 aromatic rings. The lowest BCUT2D eigenvalue weighted by Crippen LogP contribution is -2.38. The lowest BCUT2D eigenvalue weighted by molar-refractivity contribution is -0.156. The Morgan fingerprint density at radius 1 is 1.20 bits per heavy atom. The lowest BCUT2D eigenvalue weighted by atomic mass is 10.3. The molecule has 25 heavy (non-hydrogen) atoms. The van der Waals surface area contributed by atoms with Gasteiger partial charge in [0.05, 0.1) is 11.5 Å². The van der Waals surface area contributed by atoms with Crippen LogP contribution in [0.15, 0.2) is 24.3 Å². The number of likely N-dealkylation sites (tertiary alicyclic amines) is 1. The third kappa shape index (κ3) is 6.59. The first-order valence-electron chi connectivity index (χ1n) is 8.07. The second-order valence-electron chi connectivity index (χ2n) is 5.71. The van der Waals surface area contributed by atoms with Crippen LogP contribution in [0.5, 0.6) is 0 Å². The van der Waals surface area contributed by atoms with Crippen LogP contribution in [0, 0.1) is 0 Å². The Hall–Kier alpha value is -1.73. The maximum atomic E-state index is 12.1. The molecule has 1 aromatic carbocycles. The number of esters is 1. The van der Waals surface area contributed by atoms with E-state index in [1.165, 1.54) is 0 Å². The minimum atomic E-state index is -0.783. The van der Waals surface area contributed by atoms with Gasteiger partial charge >= 0.3 is 5.97 Å². The fourth-order valence-electron chi connectivity index (χ4n) is 2.43. The van der Waals surface area contributed by atoms with Crippen LogP contribution in [0.2, 0.25) is 5.02 Å². The van der Waals surface area contributed by atoms with Crippen molar-refractivity contribution in [2.45, 2.75) is 25.9 Å². The van der Waals surface area contributed by atoms with Gasteiger partial charge in [-0.2, -0.15) is 0 Å². The Bertz CT molecular complexity index is 618. The monoisotopic (exact) mass is 384 g/mol. The number of amides is 2. The molecule has 0 saturated carbocycles. The van der Waals surface area contributed by atoms with E-state index in [0.717, 1.165) is 37.7 Å². The van der Waals surface area contributed by atoms with Crippen molar-refractivity contribution in [1.82, 2.24) is 4.90 Å². The van der Waals surface area contributed by atoms with Gasteiger partial charge in [-0.25, -0.2) is 0 Å². The van der Waals surface area contributed by atoms with Crippen molar-refractivity contribution < 1.29 is 19.1 Å². The van der Waals surface area contributed by atoms with Gasteiger partial charge in [0.15, 0.2) is 6.10 Å². The summed E-state index contributed by atoms with van der Waals surface area (Å²) in [6.45, 7) is 3.02. The Labute approximate surface area is 156 Å². The molecule has 1 heterocycles. The van der Waals surface area contributed by atoms with Gasteiger partial charge in [-0.1, -0.05) is 11.6 Å². The SMILES string of the molecule is C[C@H](OC(=O)CSCC(=O)Nc1ccc(Cl)cc1)C(=O)N1CCCC1. The molecule has 136 valence electrons. The van der Waals surface area contributed by atoms with Gasteiger partial charge in [-0.3, -0.25) is 14.4 Å². The molecule has 0 aromatic heterocycles. The zero-order chi connectivity index (χ0) is 18.2. The van der Waals surface area contributed by atoms with E-state index in [2.05, 4.69) is 5.32 Å². The Morgan fingerprint density at radius 2 is 1.84 bits per heavy atom. The predicted molar refractivity (Wildman–Crippen MR) is 98.8 cm³/mol. The molecule has 0 bridgehead atoms. The fourth-order valence-corrected chi connectivity index (χ4v) is 3.15. The molecule has 1 fully saturated rings. The maximum absolute atomic E-state index is 12.1. The highest BCUT2D eigenvalue weighted by Crippen LogP contribution is 2.14. The number of thioether (sulfide) groups is 1. The highest BCUT2D eigenvalue weighted by molar-refractivity contribution is 8.00. The van der Waals surface area contributed by atoms with E-state index in [1.54, 1.807) is 36.1 Å². The van der Waals surface area contributed by atoms with Gasteiger partial charge < -0.3 is 15.0 Å². The summed E-state index contributed by atoms with van der Waals surface area (Å²) in [4.78, 5) is 37.4. The highest BCUT2D eigenvalue weighted by atomic mass is 35.5. The van der Waals surface area contributed by atoms with Crippen molar-refractivity contribution >= 4 is 46.8 Å². The Kier molecular flexibility index (Phi) is 7.58. The number of ether oxygens (including phenoxy) is 1. The first-order chi connectivity index (χ1) is 12.0. The highest BCUT2D eigenvalue weighted by Gasteiger charge is 2.25. The van der Waals surface area contributed by atoms with Crippen LogP contribution in [0.3, 0.4) is 0 Å². The number of carbonyl (C=O) groups is 3. The van der Waals surface area contributed by atoms with E-state index in [9.17, 15) is 14.4 Å². The van der Waals surface area contributed by atoms with Crippen LogP contribution >= 0.6 is 23.4 Å². The molecule has 2 rings (SSSR count). The van der Waals surface area contributed by atoms with Crippen molar-refractivity contribution in [3.63, 3.8) is 0 Å². The molecule has 1 aliphatic rings. The standard InChI is InChI=1S/C17H21ClN2O4S/c1-12(17(23)20-8-2-3-9-20)24-16(22)11-25-10-15(21)19-14-6-4-13(18)5-7-14/h4-7,12H,2-3,8-11H2,1H3,(H,19,21)/t12-/m0/s1.